The zero-order valence-corrected chi connectivity index (χ0v) is 9.90. The van der Waals surface area contributed by atoms with Gasteiger partial charge in [0.25, 0.3) is 0 Å². The summed E-state index contributed by atoms with van der Waals surface area (Å²) in [6.45, 7) is 3.53. The lowest BCUT2D eigenvalue weighted by Gasteiger charge is -2.12. The van der Waals surface area contributed by atoms with Crippen LogP contribution in [0.25, 0.3) is 0 Å². The van der Waals surface area contributed by atoms with Crippen molar-refractivity contribution in [2.24, 2.45) is 5.73 Å². The molecular weight excluding hydrogens is 202 g/mol. The first-order valence-corrected chi connectivity index (χ1v) is 5.67. The summed E-state index contributed by atoms with van der Waals surface area (Å²) in [5, 5.41) is 0. The summed E-state index contributed by atoms with van der Waals surface area (Å²) < 4.78 is 5.02. The van der Waals surface area contributed by atoms with Crippen LogP contribution >= 0.6 is 0 Å². The fourth-order valence-electron chi connectivity index (χ4n) is 1.57. The van der Waals surface area contributed by atoms with Crippen molar-refractivity contribution in [1.29, 1.82) is 0 Å². The highest BCUT2D eigenvalue weighted by atomic mass is 16.5. The molecule has 0 amide bonds. The van der Waals surface area contributed by atoms with Crippen molar-refractivity contribution in [3.63, 3.8) is 0 Å². The molecule has 0 spiro atoms. The summed E-state index contributed by atoms with van der Waals surface area (Å²) >= 11 is 0. The van der Waals surface area contributed by atoms with Gasteiger partial charge in [-0.05, 0) is 24.1 Å². The first-order valence-electron chi connectivity index (χ1n) is 5.67. The van der Waals surface area contributed by atoms with Gasteiger partial charge < -0.3 is 10.5 Å². The van der Waals surface area contributed by atoms with E-state index in [0.717, 1.165) is 24.8 Å². The molecule has 0 radical (unpaired) electrons. The number of nitrogens with two attached hydrogens (primary N) is 1. The maximum atomic E-state index is 10.8. The molecule has 1 rings (SSSR count). The minimum Gasteiger partial charge on any atom is -0.427 e. The van der Waals surface area contributed by atoms with Gasteiger partial charge in [0.15, 0.2) is 0 Å². The normalized spacial score (nSPS) is 12.2. The molecule has 0 saturated carbocycles. The molecule has 1 aromatic carbocycles. The van der Waals surface area contributed by atoms with Crippen LogP contribution < -0.4 is 10.5 Å². The highest BCUT2D eigenvalue weighted by Gasteiger charge is 2.07. The molecule has 3 nitrogen and oxygen atoms in total. The summed E-state index contributed by atoms with van der Waals surface area (Å²) in [6, 6.07) is 7.45. The van der Waals surface area contributed by atoms with Crippen molar-refractivity contribution >= 4 is 5.97 Å². The number of ether oxygens (including phenoxy) is 1. The molecule has 0 aliphatic rings. The Hall–Kier alpha value is -1.35. The number of esters is 1. The van der Waals surface area contributed by atoms with Crippen LogP contribution in [0.5, 0.6) is 5.75 Å². The Labute approximate surface area is 96.6 Å². The third-order valence-electron chi connectivity index (χ3n) is 2.42. The second kappa shape index (κ2) is 6.28. The van der Waals surface area contributed by atoms with Crippen LogP contribution in [-0.2, 0) is 4.79 Å². The Morgan fingerprint density at radius 1 is 1.50 bits per heavy atom. The smallest absolute Gasteiger partial charge is 0.308 e. The van der Waals surface area contributed by atoms with E-state index >= 15 is 0 Å². The van der Waals surface area contributed by atoms with Gasteiger partial charge in [-0.15, -0.1) is 0 Å². The Morgan fingerprint density at radius 3 is 2.88 bits per heavy atom. The van der Waals surface area contributed by atoms with Gasteiger partial charge in [-0.3, -0.25) is 4.79 Å². The van der Waals surface area contributed by atoms with Gasteiger partial charge in [0.05, 0.1) is 0 Å². The van der Waals surface area contributed by atoms with Crippen molar-refractivity contribution in [3.8, 4) is 5.75 Å². The minimum atomic E-state index is -0.306. The van der Waals surface area contributed by atoms with Gasteiger partial charge in [-0.25, -0.2) is 0 Å². The van der Waals surface area contributed by atoms with Crippen molar-refractivity contribution in [3.05, 3.63) is 29.8 Å². The summed E-state index contributed by atoms with van der Waals surface area (Å²) in [7, 11) is 0. The molecule has 0 unspecified atom stereocenters. The highest BCUT2D eigenvalue weighted by molar-refractivity contribution is 5.69. The van der Waals surface area contributed by atoms with Crippen LogP contribution in [0, 0.1) is 0 Å². The molecular formula is C13H19NO2. The second-order valence-electron chi connectivity index (χ2n) is 3.91. The topological polar surface area (TPSA) is 52.3 Å². The summed E-state index contributed by atoms with van der Waals surface area (Å²) in [4.78, 5) is 10.8. The molecule has 2 N–H and O–H groups in total. The molecule has 0 fully saturated rings. The van der Waals surface area contributed by atoms with Gasteiger partial charge in [-0.2, -0.15) is 0 Å². The summed E-state index contributed by atoms with van der Waals surface area (Å²) in [5.41, 5.74) is 7.06. The van der Waals surface area contributed by atoms with Gasteiger partial charge >= 0.3 is 5.97 Å². The Kier molecular flexibility index (Phi) is 4.99. The molecule has 0 aliphatic heterocycles. The van der Waals surface area contributed by atoms with E-state index in [1.807, 2.05) is 18.2 Å². The lowest BCUT2D eigenvalue weighted by molar-refractivity contribution is -0.131. The predicted molar refractivity (Wildman–Crippen MR) is 64.2 cm³/mol. The zero-order chi connectivity index (χ0) is 12.0. The second-order valence-corrected chi connectivity index (χ2v) is 3.91. The van der Waals surface area contributed by atoms with E-state index in [2.05, 4.69) is 6.92 Å². The lowest BCUT2D eigenvalue weighted by atomic mass is 10.0. The average Bonchev–Trinajstić information content (AvgIpc) is 2.25. The first kappa shape index (κ1) is 12.7. The molecule has 0 saturated heterocycles. The number of carbonyl (C=O) groups is 1. The van der Waals surface area contributed by atoms with Gasteiger partial charge in [0.1, 0.15) is 5.75 Å². The Bertz CT molecular complexity index is 350. The van der Waals surface area contributed by atoms with E-state index in [0.29, 0.717) is 5.75 Å². The molecule has 0 heterocycles. The maximum Gasteiger partial charge on any atom is 0.308 e. The predicted octanol–water partition coefficient (Wildman–Crippen LogP) is 2.80. The average molecular weight is 221 g/mol. The third-order valence-corrected chi connectivity index (χ3v) is 2.42. The SMILES string of the molecule is CCCC[C@H](N)c1cccc(OC(C)=O)c1. The van der Waals surface area contributed by atoms with Gasteiger partial charge in [0, 0.05) is 13.0 Å². The van der Waals surface area contributed by atoms with Crippen molar-refractivity contribution in [1.82, 2.24) is 0 Å². The summed E-state index contributed by atoms with van der Waals surface area (Å²) in [6.07, 6.45) is 3.20. The van der Waals surface area contributed by atoms with Crippen LogP contribution in [-0.4, -0.2) is 5.97 Å². The molecule has 88 valence electrons. The Morgan fingerprint density at radius 2 is 2.25 bits per heavy atom. The van der Waals surface area contributed by atoms with E-state index in [1.165, 1.54) is 6.92 Å². The van der Waals surface area contributed by atoms with Crippen LogP contribution in [0.15, 0.2) is 24.3 Å². The number of unbranched alkanes of at least 4 members (excludes halogenated alkanes) is 1. The maximum absolute atomic E-state index is 10.8. The molecule has 1 atom stereocenters. The Balaban J connectivity index is 2.69. The number of carbonyl (C=O) groups excluding carboxylic acids is 1. The highest BCUT2D eigenvalue weighted by Crippen LogP contribution is 2.21. The summed E-state index contributed by atoms with van der Waals surface area (Å²) in [5.74, 6) is 0.260. The molecule has 1 aromatic rings. The van der Waals surface area contributed by atoms with E-state index in [9.17, 15) is 4.79 Å². The quantitative estimate of drug-likeness (QED) is 0.614. The fourth-order valence-corrected chi connectivity index (χ4v) is 1.57. The van der Waals surface area contributed by atoms with E-state index in [4.69, 9.17) is 10.5 Å². The molecule has 0 aromatic heterocycles. The molecule has 16 heavy (non-hydrogen) atoms. The van der Waals surface area contributed by atoms with Gasteiger partial charge in [-0.1, -0.05) is 31.9 Å². The van der Waals surface area contributed by atoms with Crippen LogP contribution in [0.1, 0.15) is 44.7 Å². The van der Waals surface area contributed by atoms with E-state index in [1.54, 1.807) is 6.07 Å². The largest absolute Gasteiger partial charge is 0.427 e. The number of rotatable bonds is 5. The minimum absolute atomic E-state index is 0.0236. The molecule has 0 aliphatic carbocycles. The zero-order valence-electron chi connectivity index (χ0n) is 9.90. The van der Waals surface area contributed by atoms with Gasteiger partial charge in [0.2, 0.25) is 0 Å². The number of hydrogen-bond donors (Lipinski definition) is 1. The van der Waals surface area contributed by atoms with Crippen molar-refractivity contribution in [2.75, 3.05) is 0 Å². The monoisotopic (exact) mass is 221 g/mol. The third kappa shape index (κ3) is 4.03. The van der Waals surface area contributed by atoms with E-state index in [-0.39, 0.29) is 12.0 Å². The lowest BCUT2D eigenvalue weighted by Crippen LogP contribution is -2.10. The molecule has 3 heteroatoms. The number of benzene rings is 1. The fraction of sp³-hybridized carbons (Fsp3) is 0.462. The van der Waals surface area contributed by atoms with Crippen molar-refractivity contribution in [2.45, 2.75) is 39.2 Å². The van der Waals surface area contributed by atoms with Crippen LogP contribution in [0.2, 0.25) is 0 Å². The standard InChI is InChI=1S/C13H19NO2/c1-3-4-8-13(14)11-6-5-7-12(9-11)16-10(2)15/h5-7,9,13H,3-4,8,14H2,1-2H3/t13-/m0/s1. The van der Waals surface area contributed by atoms with Crippen molar-refractivity contribution < 1.29 is 9.53 Å². The van der Waals surface area contributed by atoms with Crippen LogP contribution in [0.3, 0.4) is 0 Å². The number of hydrogen-bond acceptors (Lipinski definition) is 3. The first-order chi connectivity index (χ1) is 7.63. The molecule has 0 bridgehead atoms. The van der Waals surface area contributed by atoms with E-state index < -0.39 is 0 Å². The van der Waals surface area contributed by atoms with Crippen LogP contribution in [0.4, 0.5) is 0 Å².